The molecule has 0 saturated carbocycles. The Morgan fingerprint density at radius 1 is 1.00 bits per heavy atom. The number of nitrogens with zero attached hydrogens (tertiary/aromatic N) is 1. The molecule has 1 amide bonds. The molecule has 1 aliphatic heterocycles. The SMILES string of the molecule is O=C(CSc1ccc2c(c1)OCCO2)N[C@@H](c1ccccc1)c1ccc2nc(C(F)(F)F)[nH]c2c1. The summed E-state index contributed by atoms with van der Waals surface area (Å²) < 4.78 is 50.3. The lowest BCUT2D eigenvalue weighted by Crippen LogP contribution is -2.30. The third kappa shape index (κ3) is 5.22. The molecule has 35 heavy (non-hydrogen) atoms. The molecule has 0 spiro atoms. The van der Waals surface area contributed by atoms with Crippen molar-refractivity contribution in [3.05, 3.63) is 83.7 Å². The van der Waals surface area contributed by atoms with E-state index in [2.05, 4.69) is 15.3 Å². The van der Waals surface area contributed by atoms with Crippen molar-refractivity contribution in [1.82, 2.24) is 15.3 Å². The van der Waals surface area contributed by atoms with Gasteiger partial charge in [0.25, 0.3) is 0 Å². The minimum atomic E-state index is -4.57. The molecule has 0 bridgehead atoms. The van der Waals surface area contributed by atoms with E-state index in [4.69, 9.17) is 9.47 Å². The predicted molar refractivity (Wildman–Crippen MR) is 126 cm³/mol. The molecule has 1 aliphatic rings. The number of benzene rings is 3. The normalized spacial score (nSPS) is 14.0. The minimum Gasteiger partial charge on any atom is -0.486 e. The summed E-state index contributed by atoms with van der Waals surface area (Å²) in [6.07, 6.45) is -4.57. The van der Waals surface area contributed by atoms with E-state index in [-0.39, 0.29) is 22.7 Å². The van der Waals surface area contributed by atoms with Crippen molar-refractivity contribution >= 4 is 28.7 Å². The summed E-state index contributed by atoms with van der Waals surface area (Å²) in [6.45, 7) is 0.982. The highest BCUT2D eigenvalue weighted by atomic mass is 32.2. The molecule has 0 unspecified atom stereocenters. The van der Waals surface area contributed by atoms with Crippen LogP contribution in [-0.2, 0) is 11.0 Å². The van der Waals surface area contributed by atoms with Crippen LogP contribution >= 0.6 is 11.8 Å². The van der Waals surface area contributed by atoms with Crippen LogP contribution in [0.3, 0.4) is 0 Å². The first kappa shape index (κ1) is 23.1. The number of aromatic amines is 1. The Labute approximate surface area is 202 Å². The number of ether oxygens (including phenoxy) is 2. The molecule has 4 aromatic rings. The molecule has 0 aliphatic carbocycles. The third-order valence-corrected chi connectivity index (χ3v) is 6.42. The van der Waals surface area contributed by atoms with Crippen LogP contribution in [0.25, 0.3) is 11.0 Å². The zero-order valence-corrected chi connectivity index (χ0v) is 19.1. The summed E-state index contributed by atoms with van der Waals surface area (Å²) in [4.78, 5) is 19.7. The first-order chi connectivity index (χ1) is 16.9. The van der Waals surface area contributed by atoms with Crippen LogP contribution in [0.5, 0.6) is 11.5 Å². The van der Waals surface area contributed by atoms with Gasteiger partial charge in [0, 0.05) is 4.90 Å². The molecule has 6 nitrogen and oxygen atoms in total. The van der Waals surface area contributed by atoms with Crippen molar-refractivity contribution in [2.45, 2.75) is 17.1 Å². The number of halogens is 3. The number of hydrogen-bond acceptors (Lipinski definition) is 5. The number of carbonyl (C=O) groups is 1. The number of imidazole rings is 1. The number of alkyl halides is 3. The van der Waals surface area contributed by atoms with Gasteiger partial charge in [0.2, 0.25) is 11.7 Å². The van der Waals surface area contributed by atoms with Gasteiger partial charge in [-0.25, -0.2) is 4.98 Å². The molecule has 2 N–H and O–H groups in total. The first-order valence-corrected chi connectivity index (χ1v) is 11.8. The van der Waals surface area contributed by atoms with Crippen molar-refractivity contribution in [1.29, 1.82) is 0 Å². The highest BCUT2D eigenvalue weighted by molar-refractivity contribution is 8.00. The molecule has 10 heteroatoms. The van der Waals surface area contributed by atoms with Crippen LogP contribution in [0.4, 0.5) is 13.2 Å². The molecule has 180 valence electrons. The summed E-state index contributed by atoms with van der Waals surface area (Å²) in [5, 5.41) is 3.01. The molecule has 0 radical (unpaired) electrons. The van der Waals surface area contributed by atoms with Gasteiger partial charge < -0.3 is 19.8 Å². The number of amides is 1. The van der Waals surface area contributed by atoms with Crippen LogP contribution in [-0.4, -0.2) is 34.8 Å². The van der Waals surface area contributed by atoms with Crippen molar-refractivity contribution < 1.29 is 27.4 Å². The lowest BCUT2D eigenvalue weighted by atomic mass is 9.98. The fourth-order valence-corrected chi connectivity index (χ4v) is 4.55. The number of aromatic nitrogens is 2. The van der Waals surface area contributed by atoms with Gasteiger partial charge in [0.1, 0.15) is 13.2 Å². The van der Waals surface area contributed by atoms with E-state index in [1.807, 2.05) is 48.5 Å². The van der Waals surface area contributed by atoms with Gasteiger partial charge in [-0.1, -0.05) is 36.4 Å². The zero-order chi connectivity index (χ0) is 24.4. The molecule has 0 saturated heterocycles. The smallest absolute Gasteiger partial charge is 0.449 e. The van der Waals surface area contributed by atoms with Crippen LogP contribution in [0.15, 0.2) is 71.6 Å². The Kier molecular flexibility index (Phi) is 6.29. The van der Waals surface area contributed by atoms with Gasteiger partial charge in [0.15, 0.2) is 11.5 Å². The molecule has 2 heterocycles. The minimum absolute atomic E-state index is 0.146. The third-order valence-electron chi connectivity index (χ3n) is 5.43. The van der Waals surface area contributed by atoms with Gasteiger partial charge in [0.05, 0.1) is 22.8 Å². The quantitative estimate of drug-likeness (QED) is 0.350. The number of H-pyrrole nitrogens is 1. The fraction of sp³-hybridized carbons (Fsp3) is 0.200. The highest BCUT2D eigenvalue weighted by Crippen LogP contribution is 2.34. The molecule has 5 rings (SSSR count). The Morgan fingerprint density at radius 2 is 1.77 bits per heavy atom. The zero-order valence-electron chi connectivity index (χ0n) is 18.3. The molecule has 1 atom stereocenters. The van der Waals surface area contributed by atoms with Gasteiger partial charge in [-0.3, -0.25) is 4.79 Å². The van der Waals surface area contributed by atoms with Crippen LogP contribution < -0.4 is 14.8 Å². The van der Waals surface area contributed by atoms with Gasteiger partial charge in [-0.2, -0.15) is 13.2 Å². The summed E-state index contributed by atoms with van der Waals surface area (Å²) in [7, 11) is 0. The second kappa shape index (κ2) is 9.53. The Morgan fingerprint density at radius 3 is 2.54 bits per heavy atom. The summed E-state index contributed by atoms with van der Waals surface area (Å²) in [5.74, 6) is 0.195. The Balaban J connectivity index is 1.35. The topological polar surface area (TPSA) is 76.2 Å². The van der Waals surface area contributed by atoms with Crippen LogP contribution in [0.2, 0.25) is 0 Å². The van der Waals surface area contributed by atoms with E-state index in [0.29, 0.717) is 30.3 Å². The van der Waals surface area contributed by atoms with Crippen molar-refractivity contribution in [2.75, 3.05) is 19.0 Å². The van der Waals surface area contributed by atoms with E-state index in [9.17, 15) is 18.0 Å². The lowest BCUT2D eigenvalue weighted by Gasteiger charge is -2.20. The van der Waals surface area contributed by atoms with Crippen LogP contribution in [0.1, 0.15) is 23.0 Å². The van der Waals surface area contributed by atoms with Crippen molar-refractivity contribution in [3.63, 3.8) is 0 Å². The van der Waals surface area contributed by atoms with Gasteiger partial charge >= 0.3 is 6.18 Å². The predicted octanol–water partition coefficient (Wildman–Crippen LogP) is 5.35. The fourth-order valence-electron chi connectivity index (χ4n) is 3.81. The van der Waals surface area contributed by atoms with Gasteiger partial charge in [-0.05, 0) is 41.5 Å². The summed E-state index contributed by atoms with van der Waals surface area (Å²) >= 11 is 1.35. The first-order valence-electron chi connectivity index (χ1n) is 10.8. The maximum Gasteiger partial charge on any atom is 0.449 e. The van der Waals surface area contributed by atoms with Crippen molar-refractivity contribution in [2.24, 2.45) is 0 Å². The molecule has 1 aromatic heterocycles. The van der Waals surface area contributed by atoms with E-state index in [1.165, 1.54) is 17.8 Å². The summed E-state index contributed by atoms with van der Waals surface area (Å²) in [5.41, 5.74) is 1.89. The maximum absolute atomic E-state index is 13.1. The molecule has 3 aromatic carbocycles. The standard InChI is InChI=1S/C25H20F3N3O3S/c26-25(27,28)24-29-18-8-6-16(12-19(18)30-24)23(15-4-2-1-3-5-15)31-22(32)14-35-17-7-9-20-21(13-17)34-11-10-33-20/h1-9,12-13,23H,10-11,14H2,(H,29,30)(H,31,32)/t23-/m0/s1. The average Bonchev–Trinajstić information content (AvgIpc) is 3.31. The second-order valence-corrected chi connectivity index (χ2v) is 8.91. The second-order valence-electron chi connectivity index (χ2n) is 7.87. The van der Waals surface area contributed by atoms with E-state index in [1.54, 1.807) is 12.1 Å². The van der Waals surface area contributed by atoms with Crippen LogP contribution in [0, 0.1) is 0 Å². The van der Waals surface area contributed by atoms with E-state index in [0.717, 1.165) is 10.5 Å². The number of hydrogen-bond donors (Lipinski definition) is 2. The maximum atomic E-state index is 13.1. The number of thioether (sulfide) groups is 1. The number of carbonyl (C=O) groups excluding carboxylic acids is 1. The molecular formula is C25H20F3N3O3S. The van der Waals surface area contributed by atoms with E-state index >= 15 is 0 Å². The Hall–Kier alpha value is -3.66. The lowest BCUT2D eigenvalue weighted by molar-refractivity contribution is -0.144. The highest BCUT2D eigenvalue weighted by Gasteiger charge is 2.34. The molecule has 0 fully saturated rings. The monoisotopic (exact) mass is 499 g/mol. The number of rotatable bonds is 6. The average molecular weight is 500 g/mol. The van der Waals surface area contributed by atoms with Gasteiger partial charge in [-0.15, -0.1) is 11.8 Å². The summed E-state index contributed by atoms with van der Waals surface area (Å²) in [6, 6.07) is 19.0. The largest absolute Gasteiger partial charge is 0.486 e. The van der Waals surface area contributed by atoms with E-state index < -0.39 is 18.0 Å². The number of fused-ring (bicyclic) bond motifs is 2. The number of nitrogens with one attached hydrogen (secondary N) is 2. The van der Waals surface area contributed by atoms with Crippen molar-refractivity contribution in [3.8, 4) is 11.5 Å². The Bertz CT molecular complexity index is 1360. The molecular weight excluding hydrogens is 479 g/mol.